The van der Waals surface area contributed by atoms with Gasteiger partial charge in [-0.15, -0.1) is 0 Å². The van der Waals surface area contributed by atoms with Gasteiger partial charge in [-0.05, 0) is 38.8 Å². The number of hydrogen-bond acceptors (Lipinski definition) is 5. The zero-order valence-electron chi connectivity index (χ0n) is 13.1. The zero-order chi connectivity index (χ0) is 17.6. The number of hydrogen-bond donors (Lipinski definition) is 1. The Bertz CT molecular complexity index is 789. The molecule has 1 atom stereocenters. The number of sulfonamides is 1. The van der Waals surface area contributed by atoms with Crippen LogP contribution in [0.2, 0.25) is 0 Å². The van der Waals surface area contributed by atoms with Crippen molar-refractivity contribution in [2.45, 2.75) is 32.1 Å². The number of carbonyl (C=O) groups is 1. The Morgan fingerprint density at radius 1 is 1.39 bits per heavy atom. The molecule has 1 aromatic carbocycles. The number of carboxylic acid groups (broad SMARTS) is 1. The summed E-state index contributed by atoms with van der Waals surface area (Å²) >= 11 is 0. The topological polar surface area (TPSA) is 118 Å². The standard InChI is InChI=1S/C14H18N2O6S/c1-9-6-11(16(19)20)10(2)12(7-9)23(21,22)15-5-4-14(3,8-15)13(17)18/h6-7H,4-5,8H2,1-3H3,(H,17,18). The second kappa shape index (κ2) is 5.57. The van der Waals surface area contributed by atoms with Crippen molar-refractivity contribution in [3.63, 3.8) is 0 Å². The number of nitro groups is 1. The quantitative estimate of drug-likeness (QED) is 0.657. The Morgan fingerprint density at radius 3 is 2.48 bits per heavy atom. The van der Waals surface area contributed by atoms with Crippen molar-refractivity contribution in [2.75, 3.05) is 13.1 Å². The Kier molecular flexibility index (Phi) is 4.20. The van der Waals surface area contributed by atoms with Crippen LogP contribution in [0.25, 0.3) is 0 Å². The molecule has 23 heavy (non-hydrogen) atoms. The lowest BCUT2D eigenvalue weighted by Crippen LogP contribution is -2.35. The molecule has 1 heterocycles. The zero-order valence-corrected chi connectivity index (χ0v) is 13.9. The van der Waals surface area contributed by atoms with Crippen LogP contribution in [0.4, 0.5) is 5.69 Å². The number of aryl methyl sites for hydroxylation is 1. The maximum atomic E-state index is 12.8. The molecule has 1 N–H and O–H groups in total. The van der Waals surface area contributed by atoms with E-state index in [9.17, 15) is 28.4 Å². The maximum Gasteiger partial charge on any atom is 0.310 e. The van der Waals surface area contributed by atoms with E-state index >= 15 is 0 Å². The lowest BCUT2D eigenvalue weighted by Gasteiger charge is -2.21. The predicted molar refractivity (Wildman–Crippen MR) is 81.7 cm³/mol. The van der Waals surface area contributed by atoms with Crippen molar-refractivity contribution < 1.29 is 23.2 Å². The third kappa shape index (κ3) is 2.93. The molecule has 8 nitrogen and oxygen atoms in total. The van der Waals surface area contributed by atoms with Gasteiger partial charge in [0.15, 0.2) is 0 Å². The number of benzene rings is 1. The normalized spacial score (nSPS) is 22.2. The molecule has 0 bridgehead atoms. The summed E-state index contributed by atoms with van der Waals surface area (Å²) in [5.41, 5.74) is -0.883. The van der Waals surface area contributed by atoms with Crippen LogP contribution in [-0.4, -0.2) is 41.8 Å². The van der Waals surface area contributed by atoms with E-state index in [-0.39, 0.29) is 35.7 Å². The van der Waals surface area contributed by atoms with Crippen LogP contribution in [0, 0.1) is 29.4 Å². The van der Waals surface area contributed by atoms with Gasteiger partial charge in [0.05, 0.1) is 15.2 Å². The van der Waals surface area contributed by atoms with Gasteiger partial charge >= 0.3 is 5.97 Å². The molecule has 1 aliphatic rings. The minimum Gasteiger partial charge on any atom is -0.481 e. The van der Waals surface area contributed by atoms with E-state index in [1.54, 1.807) is 6.92 Å². The molecule has 2 rings (SSSR count). The molecular formula is C14H18N2O6S. The number of nitro benzene ring substituents is 1. The molecule has 9 heteroatoms. The van der Waals surface area contributed by atoms with E-state index in [1.807, 2.05) is 0 Å². The molecular weight excluding hydrogens is 324 g/mol. The summed E-state index contributed by atoms with van der Waals surface area (Å²) in [4.78, 5) is 21.6. The Morgan fingerprint density at radius 2 is 2.00 bits per heavy atom. The average molecular weight is 342 g/mol. The van der Waals surface area contributed by atoms with Crippen molar-refractivity contribution in [1.29, 1.82) is 0 Å². The number of carboxylic acids is 1. The minimum atomic E-state index is -3.99. The summed E-state index contributed by atoms with van der Waals surface area (Å²) in [6.45, 7) is 4.39. The molecule has 1 aromatic rings. The molecule has 1 saturated heterocycles. The van der Waals surface area contributed by atoms with E-state index in [0.717, 1.165) is 4.31 Å². The molecule has 0 aliphatic carbocycles. The highest BCUT2D eigenvalue weighted by Gasteiger charge is 2.45. The van der Waals surface area contributed by atoms with Crippen LogP contribution in [0.15, 0.2) is 17.0 Å². The van der Waals surface area contributed by atoms with Crippen molar-refractivity contribution >= 4 is 21.7 Å². The summed E-state index contributed by atoms with van der Waals surface area (Å²) in [6.07, 6.45) is 0.203. The molecule has 0 radical (unpaired) electrons. The second-order valence-electron chi connectivity index (χ2n) is 6.12. The first-order valence-corrected chi connectivity index (χ1v) is 8.42. The predicted octanol–water partition coefficient (Wildman–Crippen LogP) is 1.70. The smallest absolute Gasteiger partial charge is 0.310 e. The highest BCUT2D eigenvalue weighted by Crippen LogP contribution is 2.36. The molecule has 1 fully saturated rings. The molecule has 0 amide bonds. The number of rotatable bonds is 4. The Hall–Kier alpha value is -2.00. The monoisotopic (exact) mass is 342 g/mol. The third-order valence-electron chi connectivity index (χ3n) is 4.25. The van der Waals surface area contributed by atoms with Crippen LogP contribution in [0.5, 0.6) is 0 Å². The van der Waals surface area contributed by atoms with E-state index in [1.165, 1.54) is 26.0 Å². The highest BCUT2D eigenvalue weighted by atomic mass is 32.2. The molecule has 126 valence electrons. The molecule has 0 spiro atoms. The molecule has 1 unspecified atom stereocenters. The summed E-state index contributed by atoms with van der Waals surface area (Å²) in [6, 6.07) is 2.70. The highest BCUT2D eigenvalue weighted by molar-refractivity contribution is 7.89. The first-order chi connectivity index (χ1) is 10.5. The molecule has 0 saturated carbocycles. The minimum absolute atomic E-state index is 0.0597. The Balaban J connectivity index is 2.50. The number of nitrogens with zero attached hydrogens (tertiary/aromatic N) is 2. The molecule has 0 aromatic heterocycles. The van der Waals surface area contributed by atoms with Gasteiger partial charge in [-0.1, -0.05) is 0 Å². The first kappa shape index (κ1) is 17.4. The van der Waals surface area contributed by atoms with Crippen molar-refractivity contribution in [1.82, 2.24) is 4.31 Å². The van der Waals surface area contributed by atoms with Gasteiger partial charge in [0.1, 0.15) is 0 Å². The van der Waals surface area contributed by atoms with Gasteiger partial charge in [0.2, 0.25) is 10.0 Å². The van der Waals surface area contributed by atoms with Crippen LogP contribution >= 0.6 is 0 Å². The SMILES string of the molecule is Cc1cc([N+](=O)[O-])c(C)c(S(=O)(=O)N2CCC(C)(C(=O)O)C2)c1. The lowest BCUT2D eigenvalue weighted by atomic mass is 9.90. The summed E-state index contributed by atoms with van der Waals surface area (Å²) in [5.74, 6) is -1.05. The average Bonchev–Trinajstić information content (AvgIpc) is 2.85. The van der Waals surface area contributed by atoms with Crippen molar-refractivity contribution in [2.24, 2.45) is 5.41 Å². The van der Waals surface area contributed by atoms with E-state index in [0.29, 0.717) is 5.56 Å². The van der Waals surface area contributed by atoms with Gasteiger partial charge in [-0.2, -0.15) is 4.31 Å². The van der Waals surface area contributed by atoms with Crippen LogP contribution in [0.1, 0.15) is 24.5 Å². The van der Waals surface area contributed by atoms with Gasteiger partial charge in [0.25, 0.3) is 5.69 Å². The second-order valence-corrected chi connectivity index (χ2v) is 8.03. The number of aliphatic carboxylic acids is 1. The van der Waals surface area contributed by atoms with Gasteiger partial charge in [-0.25, -0.2) is 8.42 Å². The van der Waals surface area contributed by atoms with Gasteiger partial charge in [-0.3, -0.25) is 14.9 Å². The summed E-state index contributed by atoms with van der Waals surface area (Å²) < 4.78 is 26.7. The van der Waals surface area contributed by atoms with E-state index in [2.05, 4.69) is 0 Å². The summed E-state index contributed by atoms with van der Waals surface area (Å²) in [7, 11) is -3.99. The van der Waals surface area contributed by atoms with Crippen molar-refractivity contribution in [3.8, 4) is 0 Å². The fourth-order valence-corrected chi connectivity index (χ4v) is 4.59. The maximum absolute atomic E-state index is 12.8. The van der Waals surface area contributed by atoms with E-state index < -0.39 is 26.3 Å². The van der Waals surface area contributed by atoms with E-state index in [4.69, 9.17) is 0 Å². The lowest BCUT2D eigenvalue weighted by molar-refractivity contribution is -0.385. The van der Waals surface area contributed by atoms with Crippen LogP contribution in [0.3, 0.4) is 0 Å². The fourth-order valence-electron chi connectivity index (χ4n) is 2.70. The van der Waals surface area contributed by atoms with Gasteiger partial charge in [0, 0.05) is 24.7 Å². The molecule has 1 aliphatic heterocycles. The summed E-state index contributed by atoms with van der Waals surface area (Å²) in [5, 5.41) is 20.3. The third-order valence-corrected chi connectivity index (χ3v) is 6.22. The first-order valence-electron chi connectivity index (χ1n) is 6.98. The van der Waals surface area contributed by atoms with Crippen LogP contribution in [-0.2, 0) is 14.8 Å². The Labute approximate surface area is 133 Å². The largest absolute Gasteiger partial charge is 0.481 e. The van der Waals surface area contributed by atoms with Crippen LogP contribution < -0.4 is 0 Å². The fraction of sp³-hybridized carbons (Fsp3) is 0.500. The van der Waals surface area contributed by atoms with Gasteiger partial charge < -0.3 is 5.11 Å². The van der Waals surface area contributed by atoms with Crippen molar-refractivity contribution in [3.05, 3.63) is 33.4 Å².